The molecule has 0 N–H and O–H groups in total. The first-order valence-electron chi connectivity index (χ1n) is 7.18. The van der Waals surface area contributed by atoms with E-state index in [2.05, 4.69) is 0 Å². The molecule has 2 rings (SSSR count). The van der Waals surface area contributed by atoms with Gasteiger partial charge in [0, 0.05) is 65.5 Å². The monoisotopic (exact) mass is 292 g/mol. The number of carbonyl (C=O) groups is 1. The first-order chi connectivity index (χ1) is 10.0. The fourth-order valence-electron chi connectivity index (χ4n) is 2.63. The van der Waals surface area contributed by atoms with Crippen LogP contribution in [0.3, 0.4) is 0 Å². The van der Waals surface area contributed by atoms with Crippen LogP contribution in [-0.2, 0) is 9.47 Å². The SMILES string of the molecule is COC1(OC)CCN(C(=O)c2ccc(N(C)C)cc2)CC1. The van der Waals surface area contributed by atoms with Gasteiger partial charge in [-0.05, 0) is 24.3 Å². The molecule has 0 saturated carbocycles. The van der Waals surface area contributed by atoms with E-state index in [1.165, 1.54) is 0 Å². The van der Waals surface area contributed by atoms with Gasteiger partial charge in [0.15, 0.2) is 5.79 Å². The predicted molar refractivity (Wildman–Crippen MR) is 82.7 cm³/mol. The number of hydrogen-bond donors (Lipinski definition) is 0. The normalized spacial score (nSPS) is 17.6. The van der Waals surface area contributed by atoms with E-state index in [4.69, 9.17) is 9.47 Å². The molecule has 1 fully saturated rings. The van der Waals surface area contributed by atoms with E-state index in [1.54, 1.807) is 14.2 Å². The maximum Gasteiger partial charge on any atom is 0.253 e. The minimum absolute atomic E-state index is 0.0705. The molecule has 116 valence electrons. The van der Waals surface area contributed by atoms with E-state index in [0.717, 1.165) is 11.3 Å². The summed E-state index contributed by atoms with van der Waals surface area (Å²) in [6, 6.07) is 7.69. The Labute approximate surface area is 126 Å². The molecule has 0 unspecified atom stereocenters. The maximum atomic E-state index is 12.5. The van der Waals surface area contributed by atoms with Crippen LogP contribution >= 0.6 is 0 Å². The van der Waals surface area contributed by atoms with Crippen LogP contribution in [-0.4, -0.2) is 58.0 Å². The molecule has 1 aromatic rings. The molecule has 5 heteroatoms. The van der Waals surface area contributed by atoms with Crippen molar-refractivity contribution in [3.8, 4) is 0 Å². The molecule has 0 radical (unpaired) electrons. The van der Waals surface area contributed by atoms with Crippen molar-refractivity contribution >= 4 is 11.6 Å². The van der Waals surface area contributed by atoms with Crippen molar-refractivity contribution in [1.82, 2.24) is 4.90 Å². The highest BCUT2D eigenvalue weighted by Gasteiger charge is 2.36. The van der Waals surface area contributed by atoms with Gasteiger partial charge in [0.25, 0.3) is 5.91 Å². The second kappa shape index (κ2) is 6.45. The number of piperidine rings is 1. The van der Waals surface area contributed by atoms with E-state index in [9.17, 15) is 4.79 Å². The van der Waals surface area contributed by atoms with Crippen LogP contribution in [0.1, 0.15) is 23.2 Å². The number of likely N-dealkylation sites (tertiary alicyclic amines) is 1. The van der Waals surface area contributed by atoms with E-state index >= 15 is 0 Å². The second-order valence-electron chi connectivity index (χ2n) is 5.55. The molecule has 1 aliphatic heterocycles. The zero-order valence-electron chi connectivity index (χ0n) is 13.3. The number of amides is 1. The van der Waals surface area contributed by atoms with Gasteiger partial charge in [-0.2, -0.15) is 0 Å². The highest BCUT2D eigenvalue weighted by atomic mass is 16.7. The lowest BCUT2D eigenvalue weighted by atomic mass is 10.0. The summed E-state index contributed by atoms with van der Waals surface area (Å²) in [5.74, 6) is -0.466. The Bertz CT molecular complexity index is 471. The maximum absolute atomic E-state index is 12.5. The summed E-state index contributed by atoms with van der Waals surface area (Å²) in [5.41, 5.74) is 1.81. The topological polar surface area (TPSA) is 42.0 Å². The van der Waals surface area contributed by atoms with Gasteiger partial charge in [-0.3, -0.25) is 4.79 Å². The molecule has 0 bridgehead atoms. The Morgan fingerprint density at radius 1 is 1.10 bits per heavy atom. The fourth-order valence-corrected chi connectivity index (χ4v) is 2.63. The Morgan fingerprint density at radius 2 is 1.62 bits per heavy atom. The summed E-state index contributed by atoms with van der Waals surface area (Å²) in [6.07, 6.45) is 1.39. The Balaban J connectivity index is 2.01. The highest BCUT2D eigenvalue weighted by Crippen LogP contribution is 2.27. The molecule has 0 atom stereocenters. The number of nitrogens with zero attached hydrogens (tertiary/aromatic N) is 2. The van der Waals surface area contributed by atoms with Gasteiger partial charge < -0.3 is 19.3 Å². The minimum atomic E-state index is -0.536. The number of ether oxygens (including phenoxy) is 2. The van der Waals surface area contributed by atoms with Gasteiger partial charge in [0.1, 0.15) is 0 Å². The molecule has 1 aromatic carbocycles. The van der Waals surface area contributed by atoms with Crippen molar-refractivity contribution in [3.63, 3.8) is 0 Å². The fraction of sp³-hybridized carbons (Fsp3) is 0.562. The van der Waals surface area contributed by atoms with E-state index < -0.39 is 5.79 Å². The van der Waals surface area contributed by atoms with Crippen molar-refractivity contribution in [3.05, 3.63) is 29.8 Å². The zero-order chi connectivity index (χ0) is 15.5. The number of anilines is 1. The summed E-state index contributed by atoms with van der Waals surface area (Å²) < 4.78 is 10.9. The van der Waals surface area contributed by atoms with Gasteiger partial charge >= 0.3 is 0 Å². The standard InChI is InChI=1S/C16H24N2O3/c1-17(2)14-7-5-13(6-8-14)15(19)18-11-9-16(20-3,21-4)10-12-18/h5-8H,9-12H2,1-4H3. The molecule has 1 heterocycles. The zero-order valence-corrected chi connectivity index (χ0v) is 13.3. The molecular formula is C16H24N2O3. The third-order valence-corrected chi connectivity index (χ3v) is 4.19. The molecule has 0 spiro atoms. The van der Waals surface area contributed by atoms with E-state index in [-0.39, 0.29) is 5.91 Å². The molecule has 21 heavy (non-hydrogen) atoms. The smallest absolute Gasteiger partial charge is 0.253 e. The molecule has 0 aliphatic carbocycles. The second-order valence-corrected chi connectivity index (χ2v) is 5.55. The van der Waals surface area contributed by atoms with E-state index in [1.807, 2.05) is 48.2 Å². The average molecular weight is 292 g/mol. The van der Waals surface area contributed by atoms with Gasteiger partial charge in [-0.25, -0.2) is 0 Å². The van der Waals surface area contributed by atoms with Crippen LogP contribution in [0.2, 0.25) is 0 Å². The number of methoxy groups -OCH3 is 2. The molecular weight excluding hydrogens is 268 g/mol. The van der Waals surface area contributed by atoms with Crippen LogP contribution in [0.5, 0.6) is 0 Å². The van der Waals surface area contributed by atoms with E-state index in [0.29, 0.717) is 25.9 Å². The van der Waals surface area contributed by atoms with Gasteiger partial charge in [-0.15, -0.1) is 0 Å². The van der Waals surface area contributed by atoms with Crippen LogP contribution in [0, 0.1) is 0 Å². The minimum Gasteiger partial charge on any atom is -0.378 e. The molecule has 1 amide bonds. The van der Waals surface area contributed by atoms with Gasteiger partial charge in [0.05, 0.1) is 0 Å². The summed E-state index contributed by atoms with van der Waals surface area (Å²) in [6.45, 7) is 1.30. The summed E-state index contributed by atoms with van der Waals surface area (Å²) in [7, 11) is 7.27. The number of hydrogen-bond acceptors (Lipinski definition) is 4. The Kier molecular flexibility index (Phi) is 4.85. The summed E-state index contributed by atoms with van der Waals surface area (Å²) in [5, 5.41) is 0. The average Bonchev–Trinajstić information content (AvgIpc) is 2.54. The Morgan fingerprint density at radius 3 is 2.05 bits per heavy atom. The van der Waals surface area contributed by atoms with Crippen LogP contribution in [0.4, 0.5) is 5.69 Å². The Hall–Kier alpha value is -1.59. The molecule has 5 nitrogen and oxygen atoms in total. The largest absolute Gasteiger partial charge is 0.378 e. The first-order valence-corrected chi connectivity index (χ1v) is 7.18. The lowest BCUT2D eigenvalue weighted by molar-refractivity contribution is -0.226. The van der Waals surface area contributed by atoms with Crippen molar-refractivity contribution in [1.29, 1.82) is 0 Å². The predicted octanol–water partition coefficient (Wildman–Crippen LogP) is 1.98. The van der Waals surface area contributed by atoms with Crippen molar-refractivity contribution in [2.24, 2.45) is 0 Å². The van der Waals surface area contributed by atoms with Crippen LogP contribution in [0.25, 0.3) is 0 Å². The molecule has 1 saturated heterocycles. The molecule has 0 aromatic heterocycles. The van der Waals surface area contributed by atoms with Crippen LogP contribution in [0.15, 0.2) is 24.3 Å². The molecule has 1 aliphatic rings. The first kappa shape index (κ1) is 15.8. The lowest BCUT2D eigenvalue weighted by Gasteiger charge is -2.39. The lowest BCUT2D eigenvalue weighted by Crippen LogP contribution is -2.48. The number of benzene rings is 1. The number of carbonyl (C=O) groups excluding carboxylic acids is 1. The van der Waals surface area contributed by atoms with Gasteiger partial charge in [-0.1, -0.05) is 0 Å². The highest BCUT2D eigenvalue weighted by molar-refractivity contribution is 5.94. The number of rotatable bonds is 4. The quantitative estimate of drug-likeness (QED) is 0.796. The summed E-state index contributed by atoms with van der Waals surface area (Å²) in [4.78, 5) is 16.4. The summed E-state index contributed by atoms with van der Waals surface area (Å²) >= 11 is 0. The third kappa shape index (κ3) is 3.36. The van der Waals surface area contributed by atoms with Crippen molar-refractivity contribution in [2.75, 3.05) is 46.3 Å². The van der Waals surface area contributed by atoms with Gasteiger partial charge in [0.2, 0.25) is 0 Å². The third-order valence-electron chi connectivity index (χ3n) is 4.19. The van der Waals surface area contributed by atoms with Crippen LogP contribution < -0.4 is 4.90 Å². The van der Waals surface area contributed by atoms with Crippen molar-refractivity contribution < 1.29 is 14.3 Å². The van der Waals surface area contributed by atoms with Crippen molar-refractivity contribution in [2.45, 2.75) is 18.6 Å².